The maximum Gasteiger partial charge on any atom is -0.00467 e. The van der Waals surface area contributed by atoms with Crippen molar-refractivity contribution in [2.75, 3.05) is 13.6 Å². The molecule has 0 spiro atoms. The molecule has 1 N–H and O–H groups in total. The van der Waals surface area contributed by atoms with Crippen molar-refractivity contribution in [3.8, 4) is 0 Å². The van der Waals surface area contributed by atoms with Crippen LogP contribution < -0.4 is 5.32 Å². The maximum absolute atomic E-state index is 3.26. The summed E-state index contributed by atoms with van der Waals surface area (Å²) in [6.45, 7) is 8.45. The summed E-state index contributed by atoms with van der Waals surface area (Å²) in [5.41, 5.74) is 1.23. The fourth-order valence-corrected chi connectivity index (χ4v) is 2.21. The molecular formula is C12H25N. The molecule has 78 valence electrons. The fourth-order valence-electron chi connectivity index (χ4n) is 2.21. The zero-order valence-electron chi connectivity index (χ0n) is 9.74. The van der Waals surface area contributed by atoms with Crippen LogP contribution >= 0.6 is 0 Å². The van der Waals surface area contributed by atoms with Gasteiger partial charge in [-0.05, 0) is 56.5 Å². The lowest BCUT2D eigenvalue weighted by Crippen LogP contribution is -2.31. The first-order valence-electron chi connectivity index (χ1n) is 5.62. The standard InChI is InChI=1S/C12H25N/c1-11(2)5-7-12(3,8-6-11)9-10-13-4/h13H,5-10H2,1-4H3. The van der Waals surface area contributed by atoms with Crippen LogP contribution in [0.25, 0.3) is 0 Å². The van der Waals surface area contributed by atoms with Crippen LogP contribution in [0.2, 0.25) is 0 Å². The van der Waals surface area contributed by atoms with Crippen molar-refractivity contribution in [1.29, 1.82) is 0 Å². The molecule has 0 saturated heterocycles. The van der Waals surface area contributed by atoms with Crippen molar-refractivity contribution >= 4 is 0 Å². The van der Waals surface area contributed by atoms with E-state index >= 15 is 0 Å². The molecule has 0 aliphatic heterocycles. The SMILES string of the molecule is CNCCC1(C)CCC(C)(C)CC1. The molecule has 1 saturated carbocycles. The van der Waals surface area contributed by atoms with Gasteiger partial charge in [0.2, 0.25) is 0 Å². The van der Waals surface area contributed by atoms with Crippen LogP contribution in [0.4, 0.5) is 0 Å². The summed E-state index contributed by atoms with van der Waals surface area (Å²) in [5.74, 6) is 0. The van der Waals surface area contributed by atoms with Crippen LogP contribution in [0.3, 0.4) is 0 Å². The molecule has 0 bridgehead atoms. The number of hydrogen-bond acceptors (Lipinski definition) is 1. The molecule has 0 aromatic heterocycles. The van der Waals surface area contributed by atoms with Gasteiger partial charge in [-0.3, -0.25) is 0 Å². The molecule has 0 aromatic carbocycles. The summed E-state index contributed by atoms with van der Waals surface area (Å²) in [6, 6.07) is 0. The third-order valence-corrected chi connectivity index (χ3v) is 3.79. The Kier molecular flexibility index (Phi) is 3.39. The van der Waals surface area contributed by atoms with E-state index in [4.69, 9.17) is 0 Å². The van der Waals surface area contributed by atoms with Gasteiger partial charge >= 0.3 is 0 Å². The van der Waals surface area contributed by atoms with Gasteiger partial charge in [0.15, 0.2) is 0 Å². The first-order valence-corrected chi connectivity index (χ1v) is 5.62. The largest absolute Gasteiger partial charge is 0.320 e. The lowest BCUT2D eigenvalue weighted by atomic mass is 9.65. The highest BCUT2D eigenvalue weighted by atomic mass is 14.8. The summed E-state index contributed by atoms with van der Waals surface area (Å²) in [5, 5.41) is 3.26. The molecule has 1 rings (SSSR count). The molecule has 1 aliphatic rings. The molecule has 0 aromatic rings. The van der Waals surface area contributed by atoms with E-state index in [1.54, 1.807) is 0 Å². The van der Waals surface area contributed by atoms with Gasteiger partial charge in [0.25, 0.3) is 0 Å². The zero-order chi connectivity index (χ0) is 9.95. The minimum Gasteiger partial charge on any atom is -0.320 e. The summed E-state index contributed by atoms with van der Waals surface area (Å²) in [6.07, 6.45) is 7.00. The topological polar surface area (TPSA) is 12.0 Å². The number of rotatable bonds is 3. The molecule has 1 nitrogen and oxygen atoms in total. The van der Waals surface area contributed by atoms with Crippen molar-refractivity contribution in [3.05, 3.63) is 0 Å². The molecule has 0 radical (unpaired) electrons. The van der Waals surface area contributed by atoms with Crippen LogP contribution in [0, 0.1) is 10.8 Å². The third-order valence-electron chi connectivity index (χ3n) is 3.79. The van der Waals surface area contributed by atoms with Crippen LogP contribution in [0.5, 0.6) is 0 Å². The average Bonchev–Trinajstić information content (AvgIpc) is 2.08. The molecule has 13 heavy (non-hydrogen) atoms. The summed E-state index contributed by atoms with van der Waals surface area (Å²) in [4.78, 5) is 0. The molecule has 0 unspecified atom stereocenters. The van der Waals surface area contributed by atoms with E-state index in [2.05, 4.69) is 33.1 Å². The second-order valence-corrected chi connectivity index (χ2v) is 5.83. The minimum atomic E-state index is 0.610. The monoisotopic (exact) mass is 183 g/mol. The second kappa shape index (κ2) is 4.00. The van der Waals surface area contributed by atoms with Crippen molar-refractivity contribution in [2.24, 2.45) is 10.8 Å². The number of nitrogens with one attached hydrogen (secondary N) is 1. The van der Waals surface area contributed by atoms with Crippen molar-refractivity contribution in [2.45, 2.75) is 52.9 Å². The summed E-state index contributed by atoms with van der Waals surface area (Å²) < 4.78 is 0. The van der Waals surface area contributed by atoms with E-state index in [0.717, 1.165) is 0 Å². The average molecular weight is 183 g/mol. The second-order valence-electron chi connectivity index (χ2n) is 5.83. The van der Waals surface area contributed by atoms with Crippen LogP contribution in [-0.2, 0) is 0 Å². The molecule has 1 heteroatoms. The Morgan fingerprint density at radius 1 is 1.00 bits per heavy atom. The van der Waals surface area contributed by atoms with Gasteiger partial charge in [0.1, 0.15) is 0 Å². The number of hydrogen-bond donors (Lipinski definition) is 1. The van der Waals surface area contributed by atoms with Crippen molar-refractivity contribution in [3.63, 3.8) is 0 Å². The van der Waals surface area contributed by atoms with Gasteiger partial charge in [-0.25, -0.2) is 0 Å². The Hall–Kier alpha value is -0.0400. The highest BCUT2D eigenvalue weighted by Gasteiger charge is 2.33. The zero-order valence-corrected chi connectivity index (χ0v) is 9.74. The van der Waals surface area contributed by atoms with E-state index in [-0.39, 0.29) is 0 Å². The Bertz CT molecular complexity index is 151. The van der Waals surface area contributed by atoms with E-state index < -0.39 is 0 Å². The highest BCUT2D eigenvalue weighted by Crippen LogP contribution is 2.46. The van der Waals surface area contributed by atoms with Gasteiger partial charge < -0.3 is 5.32 Å². The smallest absolute Gasteiger partial charge is 0.00467 e. The predicted molar refractivity (Wildman–Crippen MR) is 58.9 cm³/mol. The van der Waals surface area contributed by atoms with Gasteiger partial charge in [-0.1, -0.05) is 20.8 Å². The van der Waals surface area contributed by atoms with Crippen LogP contribution in [-0.4, -0.2) is 13.6 Å². The summed E-state index contributed by atoms with van der Waals surface area (Å²) in [7, 11) is 2.05. The predicted octanol–water partition coefficient (Wildman–Crippen LogP) is 3.20. The van der Waals surface area contributed by atoms with Crippen LogP contribution in [0.1, 0.15) is 52.9 Å². The quantitative estimate of drug-likeness (QED) is 0.708. The Labute approximate surface area is 83.3 Å². The van der Waals surface area contributed by atoms with Crippen molar-refractivity contribution in [1.82, 2.24) is 5.32 Å². The van der Waals surface area contributed by atoms with Crippen LogP contribution in [0.15, 0.2) is 0 Å². The molecule has 0 amide bonds. The van der Waals surface area contributed by atoms with Crippen molar-refractivity contribution < 1.29 is 0 Å². The Balaban J connectivity index is 2.37. The van der Waals surface area contributed by atoms with Gasteiger partial charge in [0, 0.05) is 0 Å². The van der Waals surface area contributed by atoms with Gasteiger partial charge in [-0.2, -0.15) is 0 Å². The maximum atomic E-state index is 3.26. The van der Waals surface area contributed by atoms with Gasteiger partial charge in [0.05, 0.1) is 0 Å². The van der Waals surface area contributed by atoms with E-state index in [1.807, 2.05) is 0 Å². The Morgan fingerprint density at radius 3 is 2.00 bits per heavy atom. The highest BCUT2D eigenvalue weighted by molar-refractivity contribution is 4.86. The first kappa shape index (κ1) is 11.0. The third kappa shape index (κ3) is 3.30. The van der Waals surface area contributed by atoms with E-state index in [1.165, 1.54) is 38.6 Å². The molecular weight excluding hydrogens is 158 g/mol. The Morgan fingerprint density at radius 2 is 1.54 bits per heavy atom. The van der Waals surface area contributed by atoms with E-state index in [9.17, 15) is 0 Å². The minimum absolute atomic E-state index is 0.610. The lowest BCUT2D eigenvalue weighted by Gasteiger charge is -2.41. The van der Waals surface area contributed by atoms with E-state index in [0.29, 0.717) is 10.8 Å². The first-order chi connectivity index (χ1) is 5.97. The van der Waals surface area contributed by atoms with Gasteiger partial charge in [-0.15, -0.1) is 0 Å². The molecule has 1 aliphatic carbocycles. The lowest BCUT2D eigenvalue weighted by molar-refractivity contribution is 0.109. The molecule has 0 heterocycles. The normalized spacial score (nSPS) is 25.8. The summed E-state index contributed by atoms with van der Waals surface area (Å²) >= 11 is 0. The molecule has 0 atom stereocenters. The fraction of sp³-hybridized carbons (Fsp3) is 1.00. The molecule has 1 fully saturated rings.